The van der Waals surface area contributed by atoms with E-state index in [0.717, 1.165) is 17.3 Å². The van der Waals surface area contributed by atoms with Gasteiger partial charge in [0.15, 0.2) is 0 Å². The van der Waals surface area contributed by atoms with E-state index in [9.17, 15) is 4.79 Å². The number of nitrogens with one attached hydrogen (secondary N) is 1. The highest BCUT2D eigenvalue weighted by Gasteiger charge is 2.15. The smallest absolute Gasteiger partial charge is 0.255 e. The van der Waals surface area contributed by atoms with Crippen LogP contribution in [0.2, 0.25) is 0 Å². The molecule has 122 valence electrons. The van der Waals surface area contributed by atoms with E-state index >= 15 is 0 Å². The topological polar surface area (TPSA) is 38.3 Å². The van der Waals surface area contributed by atoms with Gasteiger partial charge in [-0.1, -0.05) is 46.3 Å². The van der Waals surface area contributed by atoms with Crippen molar-refractivity contribution in [1.29, 1.82) is 0 Å². The Labute approximate surface area is 146 Å². The normalized spacial score (nSPS) is 11.8. The average molecular weight is 376 g/mol. The van der Waals surface area contributed by atoms with Gasteiger partial charge in [0.1, 0.15) is 5.75 Å². The van der Waals surface area contributed by atoms with Crippen molar-refractivity contribution < 1.29 is 9.53 Å². The second-order valence-electron chi connectivity index (χ2n) is 5.47. The fraction of sp³-hybridized carbons (Fsp3) is 0.316. The zero-order valence-corrected chi connectivity index (χ0v) is 15.1. The molecule has 3 nitrogen and oxygen atoms in total. The minimum absolute atomic E-state index is 0.0937. The molecule has 0 aliphatic carbocycles. The molecule has 4 heteroatoms. The van der Waals surface area contributed by atoms with Crippen LogP contribution in [0, 0.1) is 0 Å². The van der Waals surface area contributed by atoms with E-state index in [4.69, 9.17) is 4.74 Å². The first-order valence-electron chi connectivity index (χ1n) is 7.87. The first-order chi connectivity index (χ1) is 11.1. The van der Waals surface area contributed by atoms with Crippen molar-refractivity contribution in [3.8, 4) is 5.75 Å². The number of hydrogen-bond acceptors (Lipinski definition) is 2. The lowest BCUT2D eigenvalue weighted by Crippen LogP contribution is -2.33. The number of carbonyl (C=O) groups is 1. The minimum atomic E-state index is -0.102. The summed E-state index contributed by atoms with van der Waals surface area (Å²) in [7, 11) is 0. The number of ether oxygens (including phenoxy) is 1. The van der Waals surface area contributed by atoms with E-state index < -0.39 is 0 Å². The fourth-order valence-electron chi connectivity index (χ4n) is 2.36. The molecule has 0 saturated heterocycles. The van der Waals surface area contributed by atoms with Gasteiger partial charge in [0.25, 0.3) is 5.91 Å². The van der Waals surface area contributed by atoms with Gasteiger partial charge in [0.2, 0.25) is 0 Å². The van der Waals surface area contributed by atoms with Crippen LogP contribution in [0.4, 0.5) is 0 Å². The SMILES string of the molecule is CCOc1ccc(Br)cc1C(=O)NC(C)CCc1ccccc1. The van der Waals surface area contributed by atoms with Crippen LogP contribution in [0.15, 0.2) is 53.0 Å². The number of aryl methyl sites for hydroxylation is 1. The number of hydrogen-bond donors (Lipinski definition) is 1. The molecule has 0 aromatic heterocycles. The first-order valence-corrected chi connectivity index (χ1v) is 8.66. The average Bonchev–Trinajstić information content (AvgIpc) is 2.55. The van der Waals surface area contributed by atoms with Crippen molar-refractivity contribution in [3.63, 3.8) is 0 Å². The summed E-state index contributed by atoms with van der Waals surface area (Å²) in [5, 5.41) is 3.05. The van der Waals surface area contributed by atoms with Crippen LogP contribution in [0.1, 0.15) is 36.2 Å². The van der Waals surface area contributed by atoms with Crippen molar-refractivity contribution >= 4 is 21.8 Å². The van der Waals surface area contributed by atoms with Gasteiger partial charge in [-0.25, -0.2) is 0 Å². The molecular weight excluding hydrogens is 354 g/mol. The molecule has 0 bridgehead atoms. The van der Waals surface area contributed by atoms with Crippen molar-refractivity contribution in [2.45, 2.75) is 32.7 Å². The van der Waals surface area contributed by atoms with Gasteiger partial charge >= 0.3 is 0 Å². The van der Waals surface area contributed by atoms with Crippen LogP contribution < -0.4 is 10.1 Å². The molecule has 1 unspecified atom stereocenters. The lowest BCUT2D eigenvalue weighted by Gasteiger charge is -2.16. The Morgan fingerprint density at radius 3 is 2.65 bits per heavy atom. The van der Waals surface area contributed by atoms with Crippen LogP contribution >= 0.6 is 15.9 Å². The molecule has 1 atom stereocenters. The van der Waals surface area contributed by atoms with Gasteiger partial charge in [-0.2, -0.15) is 0 Å². The lowest BCUT2D eigenvalue weighted by atomic mass is 10.1. The third-order valence-corrected chi connectivity index (χ3v) is 4.07. The van der Waals surface area contributed by atoms with Gasteiger partial charge in [-0.3, -0.25) is 4.79 Å². The number of halogens is 1. The standard InChI is InChI=1S/C19H22BrNO2/c1-3-23-18-12-11-16(20)13-17(18)19(22)21-14(2)9-10-15-7-5-4-6-8-15/h4-8,11-14H,3,9-10H2,1-2H3,(H,21,22). The molecule has 0 saturated carbocycles. The first kappa shape index (κ1) is 17.5. The molecule has 0 aliphatic heterocycles. The van der Waals surface area contributed by atoms with Crippen LogP contribution in [-0.4, -0.2) is 18.6 Å². The molecule has 0 heterocycles. The number of amides is 1. The van der Waals surface area contributed by atoms with Crippen LogP contribution in [0.25, 0.3) is 0 Å². The molecule has 0 spiro atoms. The summed E-state index contributed by atoms with van der Waals surface area (Å²) < 4.78 is 6.41. The Kier molecular flexibility index (Phi) is 6.66. The molecular formula is C19H22BrNO2. The Balaban J connectivity index is 1.96. The van der Waals surface area contributed by atoms with E-state index in [1.54, 1.807) is 6.07 Å². The largest absolute Gasteiger partial charge is 0.493 e. The Morgan fingerprint density at radius 1 is 1.22 bits per heavy atom. The van der Waals surface area contributed by atoms with E-state index in [-0.39, 0.29) is 11.9 Å². The third-order valence-electron chi connectivity index (χ3n) is 3.57. The predicted octanol–water partition coefficient (Wildman–Crippen LogP) is 4.60. The highest BCUT2D eigenvalue weighted by Crippen LogP contribution is 2.23. The van der Waals surface area contributed by atoms with E-state index in [2.05, 4.69) is 33.4 Å². The number of carbonyl (C=O) groups excluding carboxylic acids is 1. The van der Waals surface area contributed by atoms with E-state index in [1.807, 2.05) is 44.2 Å². The second-order valence-corrected chi connectivity index (χ2v) is 6.39. The summed E-state index contributed by atoms with van der Waals surface area (Å²) in [5.74, 6) is 0.513. The summed E-state index contributed by atoms with van der Waals surface area (Å²) in [6.45, 7) is 4.47. The highest BCUT2D eigenvalue weighted by molar-refractivity contribution is 9.10. The molecule has 0 fully saturated rings. The van der Waals surface area contributed by atoms with Crippen molar-refractivity contribution in [2.75, 3.05) is 6.61 Å². The molecule has 0 aliphatic rings. The molecule has 2 aromatic rings. The zero-order valence-electron chi connectivity index (χ0n) is 13.5. The molecule has 23 heavy (non-hydrogen) atoms. The maximum absolute atomic E-state index is 12.5. The maximum atomic E-state index is 12.5. The monoisotopic (exact) mass is 375 g/mol. The minimum Gasteiger partial charge on any atom is -0.493 e. The Bertz CT molecular complexity index is 643. The predicted molar refractivity (Wildman–Crippen MR) is 97.0 cm³/mol. The molecule has 1 N–H and O–H groups in total. The third kappa shape index (κ3) is 5.39. The highest BCUT2D eigenvalue weighted by atomic mass is 79.9. The summed E-state index contributed by atoms with van der Waals surface area (Å²) in [6, 6.07) is 15.9. The van der Waals surface area contributed by atoms with Gasteiger partial charge in [0.05, 0.1) is 12.2 Å². The van der Waals surface area contributed by atoms with Gasteiger partial charge in [0, 0.05) is 10.5 Å². The molecule has 2 aromatic carbocycles. The van der Waals surface area contributed by atoms with Gasteiger partial charge in [-0.05, 0) is 50.5 Å². The van der Waals surface area contributed by atoms with Gasteiger partial charge in [-0.15, -0.1) is 0 Å². The number of rotatable bonds is 7. The molecule has 0 radical (unpaired) electrons. The Morgan fingerprint density at radius 2 is 1.96 bits per heavy atom. The van der Waals surface area contributed by atoms with E-state index in [0.29, 0.717) is 17.9 Å². The molecule has 1 amide bonds. The fourth-order valence-corrected chi connectivity index (χ4v) is 2.72. The summed E-state index contributed by atoms with van der Waals surface area (Å²) in [5.41, 5.74) is 1.85. The number of benzene rings is 2. The van der Waals surface area contributed by atoms with Crippen molar-refractivity contribution in [1.82, 2.24) is 5.32 Å². The molecule has 2 rings (SSSR count). The zero-order chi connectivity index (χ0) is 16.7. The summed E-state index contributed by atoms with van der Waals surface area (Å²) in [6.07, 6.45) is 1.84. The summed E-state index contributed by atoms with van der Waals surface area (Å²) in [4.78, 5) is 12.5. The quantitative estimate of drug-likeness (QED) is 0.767. The van der Waals surface area contributed by atoms with Crippen LogP contribution in [-0.2, 0) is 6.42 Å². The summed E-state index contributed by atoms with van der Waals surface area (Å²) >= 11 is 3.41. The van der Waals surface area contributed by atoms with Crippen LogP contribution in [0.3, 0.4) is 0 Å². The lowest BCUT2D eigenvalue weighted by molar-refractivity contribution is 0.0934. The Hall–Kier alpha value is -1.81. The van der Waals surface area contributed by atoms with Crippen molar-refractivity contribution in [2.24, 2.45) is 0 Å². The van der Waals surface area contributed by atoms with Gasteiger partial charge < -0.3 is 10.1 Å². The van der Waals surface area contributed by atoms with Crippen LogP contribution in [0.5, 0.6) is 5.75 Å². The second kappa shape index (κ2) is 8.73. The maximum Gasteiger partial charge on any atom is 0.255 e. The van der Waals surface area contributed by atoms with Crippen molar-refractivity contribution in [3.05, 3.63) is 64.1 Å². The van der Waals surface area contributed by atoms with E-state index in [1.165, 1.54) is 5.56 Å².